The summed E-state index contributed by atoms with van der Waals surface area (Å²) in [7, 11) is 0. The number of aliphatic imine (C=N–C) groups is 2. The summed E-state index contributed by atoms with van der Waals surface area (Å²) in [5.41, 5.74) is 0. The Morgan fingerprint density at radius 3 is 2.42 bits per heavy atom. The van der Waals surface area contributed by atoms with Crippen LogP contribution in [-0.4, -0.2) is 40.6 Å². The number of rotatable bonds is 3. The molecule has 0 radical (unpaired) electrons. The summed E-state index contributed by atoms with van der Waals surface area (Å²) < 4.78 is 5.20. The first-order valence-electron chi connectivity index (χ1n) is 3.06. The Balaban J connectivity index is 2.94. The summed E-state index contributed by atoms with van der Waals surface area (Å²) in [5.74, 6) is 0. The van der Waals surface area contributed by atoms with E-state index >= 15 is 0 Å². The van der Waals surface area contributed by atoms with E-state index in [9.17, 15) is 0 Å². The van der Waals surface area contributed by atoms with Gasteiger partial charge in [-0.1, -0.05) is 0 Å². The molecule has 0 fully saturated rings. The Labute approximate surface area is 90.2 Å². The molecule has 0 aliphatic carbocycles. The molecule has 5 heteroatoms. The molecule has 0 N–H and O–H groups in total. The molecule has 1 heterocycles. The van der Waals surface area contributed by atoms with E-state index in [0.29, 0.717) is 0 Å². The number of thiophene rings is 1. The van der Waals surface area contributed by atoms with Crippen molar-refractivity contribution in [2.75, 3.05) is 0 Å². The number of hydrogen-bond donors (Lipinski definition) is 0. The van der Waals surface area contributed by atoms with Crippen molar-refractivity contribution in [3.8, 4) is 0 Å². The van der Waals surface area contributed by atoms with Crippen LogP contribution in [0.25, 0.3) is 0 Å². The van der Waals surface area contributed by atoms with E-state index in [4.69, 9.17) is 0 Å². The summed E-state index contributed by atoms with van der Waals surface area (Å²) in [6.45, 7) is 0. The Morgan fingerprint density at radius 1 is 1.33 bits per heavy atom. The van der Waals surface area contributed by atoms with Crippen LogP contribution in [0.3, 0.4) is 0 Å². The Hall–Kier alpha value is -0.101. The van der Waals surface area contributed by atoms with Gasteiger partial charge in [-0.3, -0.25) is 0 Å². The van der Waals surface area contributed by atoms with E-state index in [1.165, 1.54) is 0 Å². The molecule has 1 aromatic rings. The van der Waals surface area contributed by atoms with Gasteiger partial charge in [0.05, 0.1) is 0 Å². The van der Waals surface area contributed by atoms with Gasteiger partial charge in [-0.2, -0.15) is 0 Å². The van der Waals surface area contributed by atoms with Gasteiger partial charge < -0.3 is 0 Å². The van der Waals surface area contributed by atoms with Gasteiger partial charge in [-0.05, 0) is 0 Å². The van der Waals surface area contributed by atoms with Crippen LogP contribution in [0.1, 0.15) is 11.0 Å². The predicted molar refractivity (Wildman–Crippen MR) is 53.4 cm³/mol. The summed E-state index contributed by atoms with van der Waals surface area (Å²) in [6, 6.07) is 3.95. The first-order valence-corrected chi connectivity index (χ1v) is 5.65. The molecule has 0 amide bonds. The molecule has 0 aromatic carbocycles. The summed E-state index contributed by atoms with van der Waals surface area (Å²) in [6.07, 6.45) is -0.201. The predicted octanol–water partition coefficient (Wildman–Crippen LogP) is 0.894. The molecule has 1 aromatic heterocycles. The molecule has 0 aliphatic heterocycles. The van der Waals surface area contributed by atoms with E-state index in [1.54, 1.807) is 11.3 Å². The molecule has 60 valence electrons. The van der Waals surface area contributed by atoms with Gasteiger partial charge in [0.25, 0.3) is 0 Å². The molecule has 2 nitrogen and oxygen atoms in total. The van der Waals surface area contributed by atoms with E-state index in [0.717, 1.165) is 4.88 Å². The molecule has 0 atom stereocenters. The van der Waals surface area contributed by atoms with Crippen molar-refractivity contribution in [2.24, 2.45) is 9.98 Å². The molecule has 0 bridgehead atoms. The van der Waals surface area contributed by atoms with Gasteiger partial charge in [-0.25, -0.2) is 0 Å². The van der Waals surface area contributed by atoms with Crippen molar-refractivity contribution < 1.29 is 0 Å². The monoisotopic (exact) mass is 308 g/mol. The first-order chi connectivity index (χ1) is 5.88. The standard InChI is InChI=1S/C7H4N2SSe2/c11-4-8-7(9-5-12)6-2-1-3-10-6/h1-3,7H. The van der Waals surface area contributed by atoms with Gasteiger partial charge in [0.2, 0.25) is 0 Å². The van der Waals surface area contributed by atoms with Crippen molar-refractivity contribution in [3.63, 3.8) is 0 Å². The summed E-state index contributed by atoms with van der Waals surface area (Å²) >= 11 is 6.78. The van der Waals surface area contributed by atoms with Gasteiger partial charge in [-0.15, -0.1) is 0 Å². The average molecular weight is 306 g/mol. The van der Waals surface area contributed by atoms with Crippen LogP contribution in [0, 0.1) is 0 Å². The second kappa shape index (κ2) is 5.53. The van der Waals surface area contributed by atoms with Crippen molar-refractivity contribution >= 4 is 51.9 Å². The Kier molecular flexibility index (Phi) is 4.60. The molecule has 1 rings (SSSR count). The fraction of sp³-hybridized carbons (Fsp3) is 0.143. The van der Waals surface area contributed by atoms with Crippen LogP contribution in [0.4, 0.5) is 0 Å². The molecule has 12 heavy (non-hydrogen) atoms. The Bertz CT molecular complexity index is 316. The summed E-state index contributed by atoms with van der Waals surface area (Å²) in [4.78, 5) is 9.11. The van der Waals surface area contributed by atoms with Gasteiger partial charge in [0.1, 0.15) is 0 Å². The molecule has 0 saturated carbocycles. The third-order valence-corrected chi connectivity index (χ3v) is 2.50. The first kappa shape index (κ1) is 9.98. The van der Waals surface area contributed by atoms with Gasteiger partial charge >= 0.3 is 90.5 Å². The maximum absolute atomic E-state index is 4.01. The van der Waals surface area contributed by atoms with Crippen LogP contribution in [0.2, 0.25) is 0 Å². The van der Waals surface area contributed by atoms with Crippen molar-refractivity contribution in [1.29, 1.82) is 0 Å². The minimum absolute atomic E-state index is 0.201. The van der Waals surface area contributed by atoms with E-state index < -0.39 is 0 Å². The fourth-order valence-electron chi connectivity index (χ4n) is 0.694. The second-order valence-electron chi connectivity index (χ2n) is 1.83. The molecular formula is C7H4N2SSe2. The SMILES string of the molecule is [Se]=C=NC(N=C=[Se])c1cccs1. The summed E-state index contributed by atoms with van der Waals surface area (Å²) in [5, 5.41) is 1.99. The number of hydrogen-bond acceptors (Lipinski definition) is 3. The van der Waals surface area contributed by atoms with E-state index in [2.05, 4.69) is 50.6 Å². The van der Waals surface area contributed by atoms with Crippen LogP contribution in [0.5, 0.6) is 0 Å². The molecule has 0 saturated heterocycles. The third kappa shape index (κ3) is 2.75. The van der Waals surface area contributed by atoms with Gasteiger partial charge in [0, 0.05) is 0 Å². The second-order valence-corrected chi connectivity index (χ2v) is 3.58. The van der Waals surface area contributed by atoms with E-state index in [-0.39, 0.29) is 6.17 Å². The minimum atomic E-state index is -0.201. The van der Waals surface area contributed by atoms with Gasteiger partial charge in [0.15, 0.2) is 0 Å². The molecule has 0 unspecified atom stereocenters. The topological polar surface area (TPSA) is 24.7 Å². The van der Waals surface area contributed by atoms with Crippen molar-refractivity contribution in [1.82, 2.24) is 0 Å². The van der Waals surface area contributed by atoms with Crippen LogP contribution in [0.15, 0.2) is 27.5 Å². The van der Waals surface area contributed by atoms with Crippen LogP contribution < -0.4 is 0 Å². The third-order valence-electron chi connectivity index (χ3n) is 1.15. The average Bonchev–Trinajstić information content (AvgIpc) is 2.56. The zero-order valence-electron chi connectivity index (χ0n) is 5.93. The van der Waals surface area contributed by atoms with Crippen LogP contribution in [-0.2, 0) is 0 Å². The number of nitrogens with zero attached hydrogens (tertiary/aromatic N) is 2. The Morgan fingerprint density at radius 2 is 2.00 bits per heavy atom. The van der Waals surface area contributed by atoms with E-state index in [1.807, 2.05) is 17.5 Å². The maximum atomic E-state index is 4.01. The zero-order chi connectivity index (χ0) is 8.81. The quantitative estimate of drug-likeness (QED) is 0.585. The molecular weight excluding hydrogens is 302 g/mol. The zero-order valence-corrected chi connectivity index (χ0v) is 10.2. The molecule has 0 spiro atoms. The van der Waals surface area contributed by atoms with Crippen LogP contribution >= 0.6 is 11.3 Å². The normalized spacial score (nSPS) is 11.0. The fourth-order valence-corrected chi connectivity index (χ4v) is 1.81. The van der Waals surface area contributed by atoms with Crippen molar-refractivity contribution in [3.05, 3.63) is 22.4 Å². The molecule has 0 aliphatic rings. The van der Waals surface area contributed by atoms with Crippen molar-refractivity contribution in [2.45, 2.75) is 6.17 Å².